The molecule has 4 aromatic rings. The van der Waals surface area contributed by atoms with Crippen molar-refractivity contribution in [3.05, 3.63) is 76.3 Å². The third kappa shape index (κ3) is 4.26. The van der Waals surface area contributed by atoms with E-state index in [0.29, 0.717) is 78.3 Å². The van der Waals surface area contributed by atoms with Crippen molar-refractivity contribution in [1.29, 1.82) is 5.26 Å². The number of carbonyl (C=O) groups is 1. The van der Waals surface area contributed by atoms with E-state index in [1.165, 1.54) is 6.39 Å². The summed E-state index contributed by atoms with van der Waals surface area (Å²) in [5, 5.41) is 9.53. The molecule has 2 aliphatic heterocycles. The van der Waals surface area contributed by atoms with Crippen molar-refractivity contribution in [3.8, 4) is 23.1 Å². The normalized spacial score (nSPS) is 18.7. The average molecular weight is 512 g/mol. The van der Waals surface area contributed by atoms with Crippen molar-refractivity contribution >= 4 is 17.0 Å². The van der Waals surface area contributed by atoms with E-state index < -0.39 is 0 Å². The summed E-state index contributed by atoms with van der Waals surface area (Å²) in [7, 11) is 0. The zero-order chi connectivity index (χ0) is 26.2. The van der Waals surface area contributed by atoms with Crippen LogP contribution in [0.1, 0.15) is 36.7 Å². The number of rotatable bonds is 6. The lowest BCUT2D eigenvalue weighted by Gasteiger charge is -2.32. The van der Waals surface area contributed by atoms with E-state index in [0.717, 1.165) is 5.56 Å². The Kier molecular flexibility index (Phi) is 6.04. The van der Waals surface area contributed by atoms with Gasteiger partial charge in [0.25, 0.3) is 5.56 Å². The maximum absolute atomic E-state index is 13.8. The fourth-order valence-electron chi connectivity index (χ4n) is 5.18. The fraction of sp³-hybridized carbons (Fsp3) is 0.321. The molecular formula is C28H25N5O5. The number of nitriles is 1. The van der Waals surface area contributed by atoms with Gasteiger partial charge >= 0.3 is 6.09 Å². The van der Waals surface area contributed by atoms with Crippen LogP contribution in [-0.4, -0.2) is 50.8 Å². The lowest BCUT2D eigenvalue weighted by molar-refractivity contribution is 0.0940. The van der Waals surface area contributed by atoms with E-state index >= 15 is 0 Å². The number of fused-ring (bicyclic) bond motifs is 2. The van der Waals surface area contributed by atoms with Gasteiger partial charge in [-0.3, -0.25) is 9.36 Å². The van der Waals surface area contributed by atoms with E-state index in [1.54, 1.807) is 33.9 Å². The minimum Gasteiger partial charge on any atom is -0.489 e. The number of piperidine rings is 1. The Balaban J connectivity index is 1.40. The molecule has 6 rings (SSSR count). The SMILES string of the molecule is CCc1nc2cc(-c3cnco3)c(O[C@H]3CCN4C(=O)OC[C@@H]4C3)cc2c(=O)n1Cc1ccc(C#N)cc1. The highest BCUT2D eigenvalue weighted by molar-refractivity contribution is 5.86. The van der Waals surface area contributed by atoms with Gasteiger partial charge in [-0.05, 0) is 29.8 Å². The number of carbonyl (C=O) groups excluding carboxylic acids is 1. The molecule has 38 heavy (non-hydrogen) atoms. The van der Waals surface area contributed by atoms with Gasteiger partial charge in [-0.2, -0.15) is 5.26 Å². The molecule has 2 aromatic carbocycles. The van der Waals surface area contributed by atoms with E-state index in [2.05, 4.69) is 11.1 Å². The van der Waals surface area contributed by atoms with Gasteiger partial charge in [0.2, 0.25) is 0 Å². The predicted octanol–water partition coefficient (Wildman–Crippen LogP) is 3.90. The molecular weight excluding hydrogens is 486 g/mol. The summed E-state index contributed by atoms with van der Waals surface area (Å²) >= 11 is 0. The highest BCUT2D eigenvalue weighted by atomic mass is 16.6. The second-order valence-electron chi connectivity index (χ2n) is 9.50. The van der Waals surface area contributed by atoms with Crippen LogP contribution >= 0.6 is 0 Å². The Morgan fingerprint density at radius 2 is 2.05 bits per heavy atom. The van der Waals surface area contributed by atoms with Gasteiger partial charge in [0.1, 0.15) is 24.3 Å². The van der Waals surface area contributed by atoms with Crippen LogP contribution in [0.4, 0.5) is 4.79 Å². The van der Waals surface area contributed by atoms with Gasteiger partial charge < -0.3 is 18.8 Å². The number of ether oxygens (including phenoxy) is 2. The monoisotopic (exact) mass is 511 g/mol. The van der Waals surface area contributed by atoms with E-state index in [9.17, 15) is 9.59 Å². The molecule has 2 atom stereocenters. The molecule has 0 aliphatic carbocycles. The quantitative estimate of drug-likeness (QED) is 0.382. The van der Waals surface area contributed by atoms with Crippen LogP contribution in [0.5, 0.6) is 5.75 Å². The lowest BCUT2D eigenvalue weighted by atomic mass is 10.0. The molecule has 10 heteroatoms. The largest absolute Gasteiger partial charge is 0.489 e. The molecule has 2 aromatic heterocycles. The third-order valence-corrected chi connectivity index (χ3v) is 7.17. The summed E-state index contributed by atoms with van der Waals surface area (Å²) in [6.45, 7) is 3.21. The Morgan fingerprint density at radius 1 is 1.21 bits per heavy atom. The molecule has 2 fully saturated rings. The molecule has 10 nitrogen and oxygen atoms in total. The number of hydrogen-bond acceptors (Lipinski definition) is 8. The highest BCUT2D eigenvalue weighted by Crippen LogP contribution is 2.36. The topological polar surface area (TPSA) is 123 Å². The van der Waals surface area contributed by atoms with Gasteiger partial charge in [0, 0.05) is 25.8 Å². The van der Waals surface area contributed by atoms with Gasteiger partial charge in [-0.25, -0.2) is 14.8 Å². The summed E-state index contributed by atoms with van der Waals surface area (Å²) in [6.07, 6.45) is 4.37. The smallest absolute Gasteiger partial charge is 0.410 e. The maximum Gasteiger partial charge on any atom is 0.410 e. The Labute approximate surface area is 218 Å². The Bertz CT molecular complexity index is 1600. The molecule has 0 radical (unpaired) electrons. The fourth-order valence-corrected chi connectivity index (χ4v) is 5.18. The van der Waals surface area contributed by atoms with Crippen LogP contribution in [0.3, 0.4) is 0 Å². The first-order valence-electron chi connectivity index (χ1n) is 12.6. The van der Waals surface area contributed by atoms with E-state index in [-0.39, 0.29) is 23.8 Å². The van der Waals surface area contributed by atoms with Crippen molar-refractivity contribution in [2.45, 2.75) is 44.9 Å². The molecule has 2 saturated heterocycles. The summed E-state index contributed by atoms with van der Waals surface area (Å²) in [4.78, 5) is 36.3. The van der Waals surface area contributed by atoms with Gasteiger partial charge in [-0.1, -0.05) is 19.1 Å². The lowest BCUT2D eigenvalue weighted by Crippen LogP contribution is -2.44. The maximum atomic E-state index is 13.8. The van der Waals surface area contributed by atoms with Crippen LogP contribution in [0, 0.1) is 11.3 Å². The molecule has 2 aliphatic rings. The standard InChI is InChI=1S/C28H25N5O5/c1-2-26-31-23-10-22(25-13-30-16-37-25)24(38-20-7-8-32-19(9-20)15-36-28(32)35)11-21(23)27(34)33(26)14-18-5-3-17(12-29)4-6-18/h3-6,10-11,13,16,19-20H,2,7-9,14-15H2,1H3/t19-,20-/m0/s1. The van der Waals surface area contributed by atoms with Crippen molar-refractivity contribution in [1.82, 2.24) is 19.4 Å². The first-order chi connectivity index (χ1) is 18.5. The zero-order valence-corrected chi connectivity index (χ0v) is 20.8. The molecule has 1 amide bonds. The summed E-state index contributed by atoms with van der Waals surface area (Å²) in [6, 6.07) is 12.8. The van der Waals surface area contributed by atoms with Crippen LogP contribution in [-0.2, 0) is 17.7 Å². The minimum atomic E-state index is -0.276. The Morgan fingerprint density at radius 3 is 2.79 bits per heavy atom. The number of benzene rings is 2. The number of aryl methyl sites for hydroxylation is 1. The van der Waals surface area contributed by atoms with Crippen LogP contribution in [0.2, 0.25) is 0 Å². The van der Waals surface area contributed by atoms with Gasteiger partial charge in [0.05, 0.1) is 46.9 Å². The molecule has 0 saturated carbocycles. The van der Waals surface area contributed by atoms with Crippen molar-refractivity contribution < 1.29 is 18.7 Å². The van der Waals surface area contributed by atoms with E-state index in [4.69, 9.17) is 24.1 Å². The summed E-state index contributed by atoms with van der Waals surface area (Å²) < 4.78 is 18.9. The minimum absolute atomic E-state index is 0.0196. The highest BCUT2D eigenvalue weighted by Gasteiger charge is 2.39. The molecule has 4 heterocycles. The van der Waals surface area contributed by atoms with Crippen LogP contribution in [0.15, 0.2) is 58.2 Å². The molecule has 0 unspecified atom stereocenters. The number of oxazole rings is 1. The number of aromatic nitrogens is 3. The number of cyclic esters (lactones) is 1. The third-order valence-electron chi connectivity index (χ3n) is 7.17. The number of amides is 1. The van der Waals surface area contributed by atoms with Gasteiger partial charge in [0.15, 0.2) is 12.2 Å². The van der Waals surface area contributed by atoms with Crippen LogP contribution < -0.4 is 10.3 Å². The number of hydrogen-bond donors (Lipinski definition) is 0. The first kappa shape index (κ1) is 23.7. The van der Waals surface area contributed by atoms with E-state index in [1.807, 2.05) is 25.1 Å². The molecule has 0 bridgehead atoms. The van der Waals surface area contributed by atoms with Crippen molar-refractivity contribution in [3.63, 3.8) is 0 Å². The van der Waals surface area contributed by atoms with Gasteiger partial charge in [-0.15, -0.1) is 0 Å². The van der Waals surface area contributed by atoms with Crippen LogP contribution in [0.25, 0.3) is 22.2 Å². The van der Waals surface area contributed by atoms with Crippen molar-refractivity contribution in [2.24, 2.45) is 0 Å². The first-order valence-corrected chi connectivity index (χ1v) is 12.6. The molecule has 0 N–H and O–H groups in total. The summed E-state index contributed by atoms with van der Waals surface area (Å²) in [5.41, 5.74) is 2.50. The Hall–Kier alpha value is -4.65. The average Bonchev–Trinajstić information content (AvgIpc) is 3.61. The molecule has 192 valence electrons. The molecule has 0 spiro atoms. The predicted molar refractivity (Wildman–Crippen MR) is 137 cm³/mol. The van der Waals surface area contributed by atoms with Crippen molar-refractivity contribution in [2.75, 3.05) is 13.2 Å². The summed E-state index contributed by atoms with van der Waals surface area (Å²) in [5.74, 6) is 1.67. The second kappa shape index (κ2) is 9.67. The number of nitrogens with zero attached hydrogens (tertiary/aromatic N) is 5. The zero-order valence-electron chi connectivity index (χ0n) is 20.8. The second-order valence-corrected chi connectivity index (χ2v) is 9.50.